The highest BCUT2D eigenvalue weighted by molar-refractivity contribution is 6.46. The van der Waals surface area contributed by atoms with Crippen LogP contribution < -0.4 is 9.47 Å². The molecule has 3 heterocycles. The van der Waals surface area contributed by atoms with Gasteiger partial charge >= 0.3 is 0 Å². The number of methoxy groups -OCH3 is 2. The summed E-state index contributed by atoms with van der Waals surface area (Å²) in [5.41, 5.74) is 2.43. The van der Waals surface area contributed by atoms with E-state index in [-0.39, 0.29) is 34.2 Å². The molecule has 0 bridgehead atoms. The molecule has 0 saturated carbocycles. The van der Waals surface area contributed by atoms with E-state index < -0.39 is 23.5 Å². The van der Waals surface area contributed by atoms with Crippen LogP contribution in [0.3, 0.4) is 0 Å². The predicted molar refractivity (Wildman–Crippen MR) is 134 cm³/mol. The van der Waals surface area contributed by atoms with Crippen LogP contribution in [-0.2, 0) is 16.1 Å². The first-order valence-electron chi connectivity index (χ1n) is 11.2. The van der Waals surface area contributed by atoms with Crippen LogP contribution in [-0.4, -0.2) is 40.9 Å². The van der Waals surface area contributed by atoms with Gasteiger partial charge in [0.05, 0.1) is 49.2 Å². The molecular weight excluding hydrogens is 484 g/mol. The van der Waals surface area contributed by atoms with Gasteiger partial charge in [-0.15, -0.1) is 0 Å². The van der Waals surface area contributed by atoms with Crippen molar-refractivity contribution < 1.29 is 28.6 Å². The lowest BCUT2D eigenvalue weighted by molar-refractivity contribution is -0.140. The molecule has 36 heavy (non-hydrogen) atoms. The molecule has 0 radical (unpaired) electrons. The van der Waals surface area contributed by atoms with Gasteiger partial charge in [-0.05, 0) is 31.2 Å². The van der Waals surface area contributed by atoms with E-state index in [0.717, 1.165) is 16.6 Å². The van der Waals surface area contributed by atoms with Crippen LogP contribution in [0.25, 0.3) is 16.7 Å². The minimum atomic E-state index is -0.891. The van der Waals surface area contributed by atoms with Crippen molar-refractivity contribution in [3.05, 3.63) is 88.0 Å². The highest BCUT2D eigenvalue weighted by Gasteiger charge is 2.48. The number of nitrogens with zero attached hydrogens (tertiary/aromatic N) is 1. The van der Waals surface area contributed by atoms with Crippen LogP contribution in [0.15, 0.2) is 64.8 Å². The molecule has 0 spiro atoms. The molecule has 5 rings (SSSR count). The summed E-state index contributed by atoms with van der Waals surface area (Å²) in [7, 11) is 2.86. The minimum Gasteiger partial charge on any atom is -0.507 e. The number of nitrogens with one attached hydrogen (secondary N) is 1. The van der Waals surface area contributed by atoms with Crippen LogP contribution in [0.1, 0.15) is 28.6 Å². The number of Topliss-reactive ketones (excluding diaryl/α,β-unsaturated/α-hetero) is 1. The molecule has 1 aliphatic rings. The summed E-state index contributed by atoms with van der Waals surface area (Å²) < 4.78 is 16.2. The van der Waals surface area contributed by atoms with E-state index in [4.69, 9.17) is 25.5 Å². The quantitative estimate of drug-likeness (QED) is 0.207. The smallest absolute Gasteiger partial charge is 0.296 e. The van der Waals surface area contributed by atoms with Gasteiger partial charge in [0.25, 0.3) is 11.7 Å². The number of aryl methyl sites for hydroxylation is 1. The average Bonchev–Trinajstić information content (AvgIpc) is 3.56. The highest BCUT2D eigenvalue weighted by atomic mass is 35.5. The SMILES string of the molecule is COc1cc(/C(O)=C2\C(=O)C(=O)N(Cc3ccco3)C2c2c(C)[nH]c3ccccc23)c(OC)cc1Cl. The van der Waals surface area contributed by atoms with Crippen LogP contribution in [0.2, 0.25) is 5.02 Å². The van der Waals surface area contributed by atoms with Crippen molar-refractivity contribution >= 4 is 40.0 Å². The number of hydrogen-bond donors (Lipinski definition) is 2. The topological polar surface area (TPSA) is 105 Å². The second-order valence-electron chi connectivity index (χ2n) is 8.40. The van der Waals surface area contributed by atoms with Crippen molar-refractivity contribution in [2.75, 3.05) is 14.2 Å². The first-order chi connectivity index (χ1) is 17.3. The molecule has 8 nitrogen and oxygen atoms in total. The third-order valence-corrected chi connectivity index (χ3v) is 6.69. The third kappa shape index (κ3) is 3.70. The molecule has 1 unspecified atom stereocenters. The van der Waals surface area contributed by atoms with Gasteiger partial charge in [-0.1, -0.05) is 29.8 Å². The number of H-pyrrole nitrogens is 1. The second kappa shape index (κ2) is 9.13. The van der Waals surface area contributed by atoms with Gasteiger partial charge < -0.3 is 28.9 Å². The molecule has 1 saturated heterocycles. The number of aliphatic hydroxyl groups excluding tert-OH is 1. The van der Waals surface area contributed by atoms with E-state index in [1.165, 1.54) is 37.5 Å². The number of ether oxygens (including phenoxy) is 2. The van der Waals surface area contributed by atoms with E-state index in [0.29, 0.717) is 11.3 Å². The van der Waals surface area contributed by atoms with E-state index in [1.54, 1.807) is 12.1 Å². The number of aliphatic hydroxyl groups is 1. The third-order valence-electron chi connectivity index (χ3n) is 6.39. The summed E-state index contributed by atoms with van der Waals surface area (Å²) in [5.74, 6) is -0.942. The summed E-state index contributed by atoms with van der Waals surface area (Å²) in [6, 6.07) is 13.1. The van der Waals surface area contributed by atoms with Crippen LogP contribution in [0.4, 0.5) is 0 Å². The van der Waals surface area contributed by atoms with Crippen molar-refractivity contribution in [1.29, 1.82) is 0 Å². The Labute approximate surface area is 211 Å². The van der Waals surface area contributed by atoms with Gasteiger partial charge in [-0.3, -0.25) is 9.59 Å². The Morgan fingerprint density at radius 3 is 2.56 bits per heavy atom. The number of amides is 1. The Hall–Kier alpha value is -4.17. The number of aromatic amines is 1. The zero-order valence-corrected chi connectivity index (χ0v) is 20.6. The lowest BCUT2D eigenvalue weighted by atomic mass is 9.93. The number of hydrogen-bond acceptors (Lipinski definition) is 6. The molecule has 184 valence electrons. The average molecular weight is 507 g/mol. The zero-order valence-electron chi connectivity index (χ0n) is 19.8. The van der Waals surface area contributed by atoms with Crippen molar-refractivity contribution in [2.45, 2.75) is 19.5 Å². The monoisotopic (exact) mass is 506 g/mol. The zero-order chi connectivity index (χ0) is 25.6. The van der Waals surface area contributed by atoms with Crippen molar-refractivity contribution in [3.63, 3.8) is 0 Å². The number of carbonyl (C=O) groups is 2. The molecule has 2 aromatic heterocycles. The van der Waals surface area contributed by atoms with E-state index >= 15 is 0 Å². The first kappa shape index (κ1) is 23.6. The highest BCUT2D eigenvalue weighted by Crippen LogP contribution is 2.46. The van der Waals surface area contributed by atoms with E-state index in [1.807, 2.05) is 31.2 Å². The number of carbonyl (C=O) groups excluding carboxylic acids is 2. The Morgan fingerprint density at radius 2 is 1.86 bits per heavy atom. The molecule has 9 heteroatoms. The second-order valence-corrected chi connectivity index (χ2v) is 8.81. The maximum absolute atomic E-state index is 13.5. The maximum Gasteiger partial charge on any atom is 0.296 e. The lowest BCUT2D eigenvalue weighted by Crippen LogP contribution is -2.29. The maximum atomic E-state index is 13.5. The number of benzene rings is 2. The number of rotatable bonds is 6. The fourth-order valence-electron chi connectivity index (χ4n) is 4.75. The van der Waals surface area contributed by atoms with Crippen LogP contribution in [0, 0.1) is 6.92 Å². The normalized spacial score (nSPS) is 17.2. The summed E-state index contributed by atoms with van der Waals surface area (Å²) in [5, 5.41) is 12.7. The van der Waals surface area contributed by atoms with Crippen molar-refractivity contribution in [1.82, 2.24) is 9.88 Å². The molecular formula is C27H23ClN2O6. The number of likely N-dealkylation sites (tertiary alicyclic amines) is 1. The number of ketones is 1. The number of aromatic nitrogens is 1. The standard InChI is InChI=1S/C27H23ClN2O6/c1-14-22(16-8-4-5-9-19(16)29-14)24-23(26(32)27(33)30(24)13-15-7-6-10-36-15)25(31)17-11-21(35-3)18(28)12-20(17)34-2/h4-12,24,29,31H,13H2,1-3H3/b25-23+. The molecule has 2 N–H and O–H groups in total. The summed E-state index contributed by atoms with van der Waals surface area (Å²) in [6.07, 6.45) is 1.50. The lowest BCUT2D eigenvalue weighted by Gasteiger charge is -2.25. The van der Waals surface area contributed by atoms with Gasteiger partial charge in [0, 0.05) is 28.2 Å². The van der Waals surface area contributed by atoms with Gasteiger partial charge in [0.15, 0.2) is 0 Å². The number of fused-ring (bicyclic) bond motifs is 1. The van der Waals surface area contributed by atoms with E-state index in [2.05, 4.69) is 4.98 Å². The molecule has 0 aliphatic carbocycles. The Balaban J connectivity index is 1.79. The van der Waals surface area contributed by atoms with Crippen LogP contribution >= 0.6 is 11.6 Å². The van der Waals surface area contributed by atoms with Gasteiger partial charge in [-0.25, -0.2) is 0 Å². The Kier molecular flexibility index (Phi) is 5.97. The molecule has 1 aliphatic heterocycles. The number of halogens is 1. The largest absolute Gasteiger partial charge is 0.507 e. The molecule has 1 atom stereocenters. The summed E-state index contributed by atoms with van der Waals surface area (Å²) >= 11 is 6.25. The minimum absolute atomic E-state index is 0.0407. The summed E-state index contributed by atoms with van der Waals surface area (Å²) in [6.45, 7) is 1.91. The molecule has 1 fully saturated rings. The van der Waals surface area contributed by atoms with Crippen molar-refractivity contribution in [3.8, 4) is 11.5 Å². The fourth-order valence-corrected chi connectivity index (χ4v) is 4.99. The first-order valence-corrected chi connectivity index (χ1v) is 11.5. The van der Waals surface area contributed by atoms with Crippen molar-refractivity contribution in [2.24, 2.45) is 0 Å². The molecule has 1 amide bonds. The molecule has 4 aromatic rings. The predicted octanol–water partition coefficient (Wildman–Crippen LogP) is 5.36. The van der Waals surface area contributed by atoms with E-state index in [9.17, 15) is 14.7 Å². The van der Waals surface area contributed by atoms with Gasteiger partial charge in [-0.2, -0.15) is 0 Å². The Bertz CT molecular complexity index is 1520. The Morgan fingerprint density at radius 1 is 1.11 bits per heavy atom. The summed E-state index contributed by atoms with van der Waals surface area (Å²) in [4.78, 5) is 31.6. The van der Waals surface area contributed by atoms with Gasteiger partial charge in [0.2, 0.25) is 0 Å². The number of furan rings is 1. The van der Waals surface area contributed by atoms with Gasteiger partial charge in [0.1, 0.15) is 23.0 Å². The fraction of sp³-hybridized carbons (Fsp3) is 0.185. The number of para-hydroxylation sites is 1. The van der Waals surface area contributed by atoms with Crippen LogP contribution in [0.5, 0.6) is 11.5 Å². The molecule has 2 aromatic carbocycles.